The third-order valence-corrected chi connectivity index (χ3v) is 3.22. The van der Waals surface area contributed by atoms with Gasteiger partial charge in [0.25, 0.3) is 0 Å². The third kappa shape index (κ3) is 3.20. The van der Waals surface area contributed by atoms with Gasteiger partial charge in [-0.1, -0.05) is 30.3 Å². The maximum Gasteiger partial charge on any atom is 0.222 e. The zero-order chi connectivity index (χ0) is 14.5. The Kier molecular flexibility index (Phi) is 3.82. The zero-order valence-corrected chi connectivity index (χ0v) is 11.7. The molecule has 5 heteroatoms. The molecule has 0 fully saturated rings. The van der Waals surface area contributed by atoms with Crippen LogP contribution in [-0.4, -0.2) is 22.3 Å². The van der Waals surface area contributed by atoms with Crippen molar-refractivity contribution < 1.29 is 4.74 Å². The zero-order valence-electron chi connectivity index (χ0n) is 11.7. The van der Waals surface area contributed by atoms with E-state index in [1.165, 1.54) is 17.5 Å². The third-order valence-electron chi connectivity index (χ3n) is 3.22. The molecular weight excluding hydrogens is 264 g/mol. The van der Waals surface area contributed by atoms with Gasteiger partial charge in [-0.3, -0.25) is 0 Å². The lowest BCUT2D eigenvalue weighted by Gasteiger charge is -2.09. The number of nitrogens with one attached hydrogen (secondary N) is 2. The maximum atomic E-state index is 5.38. The van der Waals surface area contributed by atoms with Crippen LogP contribution in [-0.2, 0) is 6.42 Å². The van der Waals surface area contributed by atoms with E-state index in [1.54, 1.807) is 7.11 Å². The molecule has 0 saturated heterocycles. The summed E-state index contributed by atoms with van der Waals surface area (Å²) in [6.07, 6.45) is 2.31. The van der Waals surface area contributed by atoms with Crippen LogP contribution in [0.5, 0.6) is 5.75 Å². The second kappa shape index (κ2) is 6.09. The summed E-state index contributed by atoms with van der Waals surface area (Å²) >= 11 is 0. The first-order valence-electron chi connectivity index (χ1n) is 6.68. The highest BCUT2D eigenvalue weighted by atomic mass is 16.5. The van der Waals surface area contributed by atoms with Crippen molar-refractivity contribution in [1.82, 2.24) is 15.2 Å². The SMILES string of the molecule is COc1ccccc1Cc1ccc(Nc2ncn[nH]2)cc1. The second-order valence-electron chi connectivity index (χ2n) is 4.64. The van der Waals surface area contributed by atoms with E-state index in [2.05, 4.69) is 38.7 Å². The number of aromatic nitrogens is 3. The molecule has 0 aliphatic rings. The molecule has 21 heavy (non-hydrogen) atoms. The van der Waals surface area contributed by atoms with Crippen LogP contribution in [0.2, 0.25) is 0 Å². The molecule has 0 bridgehead atoms. The van der Waals surface area contributed by atoms with Crippen LogP contribution in [0.1, 0.15) is 11.1 Å². The van der Waals surface area contributed by atoms with Crippen LogP contribution in [0.3, 0.4) is 0 Å². The van der Waals surface area contributed by atoms with E-state index < -0.39 is 0 Å². The number of ether oxygens (including phenoxy) is 1. The molecule has 1 aromatic heterocycles. The molecule has 106 valence electrons. The predicted molar refractivity (Wildman–Crippen MR) is 81.9 cm³/mol. The average molecular weight is 280 g/mol. The summed E-state index contributed by atoms with van der Waals surface area (Å²) in [6.45, 7) is 0. The van der Waals surface area contributed by atoms with Gasteiger partial charge in [-0.2, -0.15) is 10.1 Å². The van der Waals surface area contributed by atoms with Crippen molar-refractivity contribution in [3.63, 3.8) is 0 Å². The maximum absolute atomic E-state index is 5.38. The molecule has 0 aliphatic heterocycles. The van der Waals surface area contributed by atoms with Crippen molar-refractivity contribution in [2.75, 3.05) is 12.4 Å². The van der Waals surface area contributed by atoms with Gasteiger partial charge in [0.05, 0.1) is 7.11 Å². The lowest BCUT2D eigenvalue weighted by atomic mass is 10.0. The highest BCUT2D eigenvalue weighted by Crippen LogP contribution is 2.22. The standard InChI is InChI=1S/C16H16N4O/c1-21-15-5-3-2-4-13(15)10-12-6-8-14(9-7-12)19-16-17-11-18-20-16/h2-9,11H,10H2,1H3,(H2,17,18,19,20). The molecule has 3 rings (SSSR count). The summed E-state index contributed by atoms with van der Waals surface area (Å²) in [5, 5.41) is 9.71. The number of rotatable bonds is 5. The van der Waals surface area contributed by atoms with E-state index in [0.717, 1.165) is 17.9 Å². The molecule has 0 amide bonds. The number of benzene rings is 2. The molecule has 0 radical (unpaired) electrons. The van der Waals surface area contributed by atoms with Crippen molar-refractivity contribution in [2.24, 2.45) is 0 Å². The summed E-state index contributed by atoms with van der Waals surface area (Å²) in [5.74, 6) is 1.55. The van der Waals surface area contributed by atoms with Crippen LogP contribution in [0, 0.1) is 0 Å². The van der Waals surface area contributed by atoms with Gasteiger partial charge < -0.3 is 10.1 Å². The lowest BCUT2D eigenvalue weighted by molar-refractivity contribution is 0.410. The molecule has 5 nitrogen and oxygen atoms in total. The van der Waals surface area contributed by atoms with Gasteiger partial charge in [-0.15, -0.1) is 0 Å². The summed E-state index contributed by atoms with van der Waals surface area (Å²) in [6, 6.07) is 16.3. The van der Waals surface area contributed by atoms with Crippen molar-refractivity contribution >= 4 is 11.6 Å². The first-order chi connectivity index (χ1) is 10.3. The fourth-order valence-electron chi connectivity index (χ4n) is 2.18. The average Bonchev–Trinajstić information content (AvgIpc) is 3.03. The van der Waals surface area contributed by atoms with E-state index in [9.17, 15) is 0 Å². The molecule has 3 aromatic rings. The van der Waals surface area contributed by atoms with Crippen molar-refractivity contribution in [2.45, 2.75) is 6.42 Å². The van der Waals surface area contributed by atoms with Crippen molar-refractivity contribution in [1.29, 1.82) is 0 Å². The van der Waals surface area contributed by atoms with Crippen molar-refractivity contribution in [3.8, 4) is 5.75 Å². The van der Waals surface area contributed by atoms with E-state index >= 15 is 0 Å². The smallest absolute Gasteiger partial charge is 0.222 e. The Morgan fingerprint density at radius 3 is 2.62 bits per heavy atom. The number of aromatic amines is 1. The molecule has 0 spiro atoms. The minimum atomic E-state index is 0.632. The molecule has 2 aromatic carbocycles. The summed E-state index contributed by atoms with van der Waals surface area (Å²) in [5.41, 5.74) is 3.37. The largest absolute Gasteiger partial charge is 0.496 e. The fourth-order valence-corrected chi connectivity index (χ4v) is 2.18. The normalized spacial score (nSPS) is 10.3. The highest BCUT2D eigenvalue weighted by Gasteiger charge is 2.03. The van der Waals surface area contributed by atoms with E-state index in [1.807, 2.05) is 30.3 Å². The Hall–Kier alpha value is -2.82. The number of methoxy groups -OCH3 is 1. The predicted octanol–water partition coefficient (Wildman–Crippen LogP) is 3.15. The van der Waals surface area contributed by atoms with Crippen LogP contribution < -0.4 is 10.1 Å². The molecule has 0 atom stereocenters. The van der Waals surface area contributed by atoms with Gasteiger partial charge in [0.1, 0.15) is 12.1 Å². The van der Waals surface area contributed by atoms with Gasteiger partial charge in [0.2, 0.25) is 5.95 Å². The van der Waals surface area contributed by atoms with Crippen LogP contribution in [0.25, 0.3) is 0 Å². The lowest BCUT2D eigenvalue weighted by Crippen LogP contribution is -1.95. The second-order valence-corrected chi connectivity index (χ2v) is 4.64. The van der Waals surface area contributed by atoms with E-state index in [0.29, 0.717) is 5.95 Å². The van der Waals surface area contributed by atoms with Crippen molar-refractivity contribution in [3.05, 3.63) is 66.0 Å². The number of H-pyrrole nitrogens is 1. The number of hydrogen-bond donors (Lipinski definition) is 2. The van der Waals surface area contributed by atoms with Gasteiger partial charge >= 0.3 is 0 Å². The first-order valence-corrected chi connectivity index (χ1v) is 6.68. The first kappa shape index (κ1) is 13.2. The van der Waals surface area contributed by atoms with Crippen LogP contribution in [0.4, 0.5) is 11.6 Å². The summed E-state index contributed by atoms with van der Waals surface area (Å²) in [7, 11) is 1.70. The Labute approximate surface area is 123 Å². The molecule has 0 unspecified atom stereocenters. The Morgan fingerprint density at radius 2 is 1.90 bits per heavy atom. The fraction of sp³-hybridized carbons (Fsp3) is 0.125. The minimum absolute atomic E-state index is 0.632. The topological polar surface area (TPSA) is 62.8 Å². The summed E-state index contributed by atoms with van der Waals surface area (Å²) < 4.78 is 5.38. The quantitative estimate of drug-likeness (QED) is 0.753. The molecule has 0 saturated carbocycles. The van der Waals surface area contributed by atoms with E-state index in [-0.39, 0.29) is 0 Å². The Morgan fingerprint density at radius 1 is 1.10 bits per heavy atom. The Bertz CT molecular complexity index is 693. The monoisotopic (exact) mass is 280 g/mol. The molecule has 2 N–H and O–H groups in total. The molecule has 0 aliphatic carbocycles. The number of para-hydroxylation sites is 1. The number of anilines is 2. The molecule has 1 heterocycles. The molecular formula is C16H16N4O. The number of hydrogen-bond acceptors (Lipinski definition) is 4. The van der Waals surface area contributed by atoms with E-state index in [4.69, 9.17) is 4.74 Å². The highest BCUT2D eigenvalue weighted by molar-refractivity contribution is 5.53. The van der Waals surface area contributed by atoms with Gasteiger partial charge in [-0.25, -0.2) is 5.10 Å². The Balaban J connectivity index is 1.72. The number of nitrogens with zero attached hydrogens (tertiary/aromatic N) is 2. The van der Waals surface area contributed by atoms with Gasteiger partial charge in [-0.05, 0) is 29.3 Å². The van der Waals surface area contributed by atoms with Gasteiger partial charge in [0, 0.05) is 12.1 Å². The van der Waals surface area contributed by atoms with Crippen LogP contribution in [0.15, 0.2) is 54.9 Å². The van der Waals surface area contributed by atoms with Gasteiger partial charge in [0.15, 0.2) is 0 Å². The summed E-state index contributed by atoms with van der Waals surface area (Å²) in [4.78, 5) is 4.03. The van der Waals surface area contributed by atoms with Crippen LogP contribution >= 0.6 is 0 Å². The minimum Gasteiger partial charge on any atom is -0.496 e.